The van der Waals surface area contributed by atoms with Gasteiger partial charge in [-0.05, 0) is 78.1 Å². The van der Waals surface area contributed by atoms with Crippen LogP contribution in [0.1, 0.15) is 105 Å². The average molecular weight is 521 g/mol. The van der Waals surface area contributed by atoms with Gasteiger partial charge in [-0.15, -0.1) is 0 Å². The van der Waals surface area contributed by atoms with Crippen molar-refractivity contribution in [3.63, 3.8) is 0 Å². The number of hydrogen-bond acceptors (Lipinski definition) is 9. The van der Waals surface area contributed by atoms with Gasteiger partial charge in [-0.3, -0.25) is 0 Å². The molecule has 2 saturated heterocycles. The van der Waals surface area contributed by atoms with Crippen molar-refractivity contribution in [1.29, 1.82) is 0 Å². The summed E-state index contributed by atoms with van der Waals surface area (Å²) in [6.45, 7) is 7.32. The molecule has 0 bridgehead atoms. The molecule has 0 aliphatic carbocycles. The summed E-state index contributed by atoms with van der Waals surface area (Å²) in [6.07, 6.45) is 2.83. The molecule has 9 heteroatoms. The first kappa shape index (κ1) is 31.9. The normalized spacial score (nSPS) is 33.6. The maximum absolute atomic E-state index is 10.4. The van der Waals surface area contributed by atoms with Crippen LogP contribution in [0, 0.1) is 0 Å². The molecule has 0 amide bonds. The van der Waals surface area contributed by atoms with Crippen LogP contribution >= 0.6 is 0 Å². The molecule has 11 unspecified atom stereocenters. The molecule has 2 aliphatic heterocycles. The Hall–Kier alpha value is -0.360. The molecule has 0 aromatic heterocycles. The fourth-order valence-corrected chi connectivity index (χ4v) is 5.17. The van der Waals surface area contributed by atoms with E-state index in [0.717, 1.165) is 6.42 Å². The van der Waals surface area contributed by atoms with Crippen LogP contribution in [0.4, 0.5) is 0 Å². The van der Waals surface area contributed by atoms with Crippen LogP contribution in [0.3, 0.4) is 0 Å². The van der Waals surface area contributed by atoms with Gasteiger partial charge in [-0.2, -0.15) is 0 Å². The number of ether oxygens (including phenoxy) is 4. The SMILES string of the molecule is CCC(O)CC(O)CC1CC(CC(C)O)OC(CCCC2OC(CC(C)O)CC(CC(O)CC)O2)O1. The van der Waals surface area contributed by atoms with E-state index in [4.69, 9.17) is 18.9 Å². The van der Waals surface area contributed by atoms with Crippen molar-refractivity contribution in [3.8, 4) is 0 Å². The molecule has 0 aromatic rings. The summed E-state index contributed by atoms with van der Waals surface area (Å²) in [5.41, 5.74) is 0. The first-order valence-electron chi connectivity index (χ1n) is 14.1. The van der Waals surface area contributed by atoms with Gasteiger partial charge in [-0.1, -0.05) is 13.8 Å². The molecule has 0 aromatic carbocycles. The van der Waals surface area contributed by atoms with Crippen molar-refractivity contribution in [2.45, 2.75) is 172 Å². The lowest BCUT2D eigenvalue weighted by molar-refractivity contribution is -0.263. The fourth-order valence-electron chi connectivity index (χ4n) is 5.17. The minimum Gasteiger partial charge on any atom is -0.393 e. The molecule has 36 heavy (non-hydrogen) atoms. The lowest BCUT2D eigenvalue weighted by Gasteiger charge is -2.38. The summed E-state index contributed by atoms with van der Waals surface area (Å²) in [7, 11) is 0. The van der Waals surface area contributed by atoms with Gasteiger partial charge >= 0.3 is 0 Å². The Morgan fingerprint density at radius 2 is 0.972 bits per heavy atom. The van der Waals surface area contributed by atoms with Gasteiger partial charge in [0.25, 0.3) is 0 Å². The second-order valence-corrected chi connectivity index (χ2v) is 10.9. The summed E-state index contributed by atoms with van der Waals surface area (Å²) in [6, 6.07) is 0. The van der Waals surface area contributed by atoms with Crippen LogP contribution in [0.25, 0.3) is 0 Å². The zero-order valence-corrected chi connectivity index (χ0v) is 22.7. The lowest BCUT2D eigenvalue weighted by atomic mass is 9.97. The van der Waals surface area contributed by atoms with E-state index in [1.165, 1.54) is 0 Å². The summed E-state index contributed by atoms with van der Waals surface area (Å²) in [4.78, 5) is 0. The maximum atomic E-state index is 10.4. The van der Waals surface area contributed by atoms with E-state index in [1.54, 1.807) is 13.8 Å². The highest BCUT2D eigenvalue weighted by Gasteiger charge is 2.34. The standard InChI is InChI=1S/C27H52O9/c1-5-19(30)12-21(32)14-25-16-23(11-18(4)29)34-27(36-25)9-7-8-26-33-22(10-17(3)28)15-24(35-26)13-20(31)6-2/h17-32H,5-16H2,1-4H3. The predicted molar refractivity (Wildman–Crippen MR) is 135 cm³/mol. The van der Waals surface area contributed by atoms with Crippen LogP contribution in [0.15, 0.2) is 0 Å². The van der Waals surface area contributed by atoms with E-state index >= 15 is 0 Å². The quantitative estimate of drug-likeness (QED) is 0.208. The third-order valence-corrected chi connectivity index (χ3v) is 7.07. The van der Waals surface area contributed by atoms with E-state index in [-0.39, 0.29) is 24.4 Å². The zero-order chi connectivity index (χ0) is 26.7. The molecule has 0 saturated carbocycles. The van der Waals surface area contributed by atoms with E-state index in [2.05, 4.69) is 0 Å². The molecule has 9 nitrogen and oxygen atoms in total. The Balaban J connectivity index is 1.89. The maximum Gasteiger partial charge on any atom is 0.158 e. The second kappa shape index (κ2) is 16.6. The second-order valence-electron chi connectivity index (χ2n) is 10.9. The molecule has 2 aliphatic rings. The third-order valence-electron chi connectivity index (χ3n) is 7.07. The van der Waals surface area contributed by atoms with Crippen LogP contribution in [-0.4, -0.2) is 93.0 Å². The molecule has 2 rings (SSSR count). The number of rotatable bonds is 16. The van der Waals surface area contributed by atoms with Crippen molar-refractivity contribution in [3.05, 3.63) is 0 Å². The summed E-state index contributed by atoms with van der Waals surface area (Å²) in [5, 5.41) is 50.1. The number of hydrogen-bond donors (Lipinski definition) is 5. The van der Waals surface area contributed by atoms with Crippen LogP contribution in [-0.2, 0) is 18.9 Å². The van der Waals surface area contributed by atoms with Gasteiger partial charge < -0.3 is 44.5 Å². The highest BCUT2D eigenvalue weighted by molar-refractivity contribution is 4.79. The van der Waals surface area contributed by atoms with E-state index < -0.39 is 43.1 Å². The summed E-state index contributed by atoms with van der Waals surface area (Å²) >= 11 is 0. The van der Waals surface area contributed by atoms with E-state index in [9.17, 15) is 25.5 Å². The van der Waals surface area contributed by atoms with Gasteiger partial charge in [0.2, 0.25) is 0 Å². The van der Waals surface area contributed by atoms with Crippen molar-refractivity contribution in [2.24, 2.45) is 0 Å². The first-order valence-corrected chi connectivity index (χ1v) is 14.1. The van der Waals surface area contributed by atoms with Crippen molar-refractivity contribution < 1.29 is 44.5 Å². The predicted octanol–water partition coefficient (Wildman–Crippen LogP) is 2.77. The molecule has 2 heterocycles. The Morgan fingerprint density at radius 3 is 1.36 bits per heavy atom. The van der Waals surface area contributed by atoms with Crippen molar-refractivity contribution in [1.82, 2.24) is 0 Å². The Bertz CT molecular complexity index is 575. The van der Waals surface area contributed by atoms with Gasteiger partial charge in [-0.25, -0.2) is 0 Å². The Kier molecular flexibility index (Phi) is 14.7. The molecular formula is C27H52O9. The van der Waals surface area contributed by atoms with Gasteiger partial charge in [0.15, 0.2) is 12.6 Å². The fraction of sp³-hybridized carbons (Fsp3) is 1.00. The largest absolute Gasteiger partial charge is 0.393 e. The molecule has 11 atom stereocenters. The van der Waals surface area contributed by atoms with Gasteiger partial charge in [0.1, 0.15) is 0 Å². The molecule has 0 radical (unpaired) electrons. The third kappa shape index (κ3) is 12.5. The topological polar surface area (TPSA) is 138 Å². The first-order chi connectivity index (χ1) is 17.1. The molecule has 214 valence electrons. The van der Waals surface area contributed by atoms with Crippen LogP contribution in [0.2, 0.25) is 0 Å². The van der Waals surface area contributed by atoms with Gasteiger partial charge in [0, 0.05) is 12.8 Å². The summed E-state index contributed by atoms with van der Waals surface area (Å²) < 4.78 is 24.5. The molecule has 2 fully saturated rings. The minimum atomic E-state index is -0.652. The van der Waals surface area contributed by atoms with E-state index in [0.29, 0.717) is 70.6 Å². The van der Waals surface area contributed by atoms with Crippen molar-refractivity contribution in [2.75, 3.05) is 0 Å². The molecule has 0 spiro atoms. The number of aliphatic hydroxyl groups is 5. The van der Waals surface area contributed by atoms with Crippen LogP contribution in [0.5, 0.6) is 0 Å². The Morgan fingerprint density at radius 1 is 0.583 bits per heavy atom. The lowest BCUT2D eigenvalue weighted by Crippen LogP contribution is -2.42. The highest BCUT2D eigenvalue weighted by Crippen LogP contribution is 2.30. The minimum absolute atomic E-state index is 0.107. The van der Waals surface area contributed by atoms with E-state index in [1.807, 2.05) is 13.8 Å². The smallest absolute Gasteiger partial charge is 0.158 e. The number of aliphatic hydroxyl groups excluding tert-OH is 5. The average Bonchev–Trinajstić information content (AvgIpc) is 2.77. The summed E-state index contributed by atoms with van der Waals surface area (Å²) in [5.74, 6) is 0. The monoisotopic (exact) mass is 520 g/mol. The highest BCUT2D eigenvalue weighted by atomic mass is 16.7. The van der Waals surface area contributed by atoms with Crippen molar-refractivity contribution >= 4 is 0 Å². The Labute approximate surface area is 217 Å². The molecule has 5 N–H and O–H groups in total. The van der Waals surface area contributed by atoms with Gasteiger partial charge in [0.05, 0.1) is 54.9 Å². The molecular weight excluding hydrogens is 468 g/mol. The zero-order valence-electron chi connectivity index (χ0n) is 22.7. The van der Waals surface area contributed by atoms with Crippen LogP contribution < -0.4 is 0 Å².